The Kier molecular flexibility index (Phi) is 6.66. The second-order valence-corrected chi connectivity index (χ2v) is 9.12. The van der Waals surface area contributed by atoms with Crippen LogP contribution in [-0.4, -0.2) is 78.1 Å². The van der Waals surface area contributed by atoms with E-state index in [0.717, 1.165) is 25.9 Å². The van der Waals surface area contributed by atoms with E-state index in [0.29, 0.717) is 48.5 Å². The molecule has 2 amide bonds. The predicted molar refractivity (Wildman–Crippen MR) is 124 cm³/mol. The summed E-state index contributed by atoms with van der Waals surface area (Å²) < 4.78 is 10.7. The third-order valence-corrected chi connectivity index (χ3v) is 6.15. The van der Waals surface area contributed by atoms with Gasteiger partial charge in [-0.1, -0.05) is 0 Å². The Morgan fingerprint density at radius 1 is 1.12 bits per heavy atom. The van der Waals surface area contributed by atoms with E-state index in [-0.39, 0.29) is 24.4 Å². The van der Waals surface area contributed by atoms with Gasteiger partial charge in [0.1, 0.15) is 5.54 Å². The van der Waals surface area contributed by atoms with Crippen molar-refractivity contribution < 1.29 is 18.7 Å². The van der Waals surface area contributed by atoms with Gasteiger partial charge in [0.15, 0.2) is 0 Å². The van der Waals surface area contributed by atoms with Gasteiger partial charge in [0.05, 0.1) is 30.7 Å². The zero-order valence-electron chi connectivity index (χ0n) is 19.4. The minimum atomic E-state index is -0.969. The maximum absolute atomic E-state index is 12.8. The third kappa shape index (κ3) is 5.17. The number of benzene rings is 1. The van der Waals surface area contributed by atoms with E-state index < -0.39 is 11.2 Å². The van der Waals surface area contributed by atoms with Crippen LogP contribution >= 0.6 is 0 Å². The number of nitrogens with one attached hydrogen (secondary N) is 2. The molecule has 2 saturated heterocycles. The molecular weight excluding hydrogens is 426 g/mol. The van der Waals surface area contributed by atoms with Gasteiger partial charge in [0, 0.05) is 31.9 Å². The van der Waals surface area contributed by atoms with Crippen molar-refractivity contribution in [2.24, 2.45) is 0 Å². The van der Waals surface area contributed by atoms with Gasteiger partial charge < -0.3 is 24.7 Å². The van der Waals surface area contributed by atoms with E-state index in [2.05, 4.69) is 15.6 Å². The van der Waals surface area contributed by atoms with Crippen LogP contribution in [0.3, 0.4) is 0 Å². The fraction of sp³-hybridized carbons (Fsp3) is 0.565. The lowest BCUT2D eigenvalue weighted by molar-refractivity contribution is -0.133. The van der Waals surface area contributed by atoms with Crippen molar-refractivity contribution in [3.63, 3.8) is 0 Å². The predicted octanol–water partition coefficient (Wildman–Crippen LogP) is 1.58. The Morgan fingerprint density at radius 2 is 1.82 bits per heavy atom. The molecule has 2 fully saturated rings. The lowest BCUT2D eigenvalue weighted by Gasteiger charge is -2.29. The van der Waals surface area contributed by atoms with E-state index in [1.54, 1.807) is 32.9 Å². The number of nitrogens with zero attached hydrogens (tertiary/aromatic N) is 3. The first-order valence-corrected chi connectivity index (χ1v) is 11.4. The standard InChI is InChI=1S/C23H31N5O5/c1-15-16(24-18(29)14-27-10-12-32-13-11-27)6-7-17-19(15)20(30)33-22(25-17)26-23(2,3)21(31)28-8-4-5-9-28/h6-7H,4-5,8-14H2,1-3H3,(H,24,29)(H,25,26). The van der Waals surface area contributed by atoms with Crippen LogP contribution in [0, 0.1) is 6.92 Å². The molecule has 0 spiro atoms. The Hall–Kier alpha value is -2.98. The molecule has 33 heavy (non-hydrogen) atoms. The van der Waals surface area contributed by atoms with E-state index in [1.807, 2.05) is 9.80 Å². The van der Waals surface area contributed by atoms with Crippen molar-refractivity contribution in [3.05, 3.63) is 28.1 Å². The van der Waals surface area contributed by atoms with Crippen molar-refractivity contribution in [2.45, 2.75) is 39.2 Å². The Balaban J connectivity index is 1.51. The van der Waals surface area contributed by atoms with Crippen molar-refractivity contribution in [1.82, 2.24) is 14.8 Å². The lowest BCUT2D eigenvalue weighted by atomic mass is 10.0. The monoisotopic (exact) mass is 457 g/mol. The quantitative estimate of drug-likeness (QED) is 0.672. The first-order chi connectivity index (χ1) is 15.7. The molecule has 2 N–H and O–H groups in total. The van der Waals surface area contributed by atoms with E-state index >= 15 is 0 Å². The first-order valence-electron chi connectivity index (χ1n) is 11.4. The molecule has 0 saturated carbocycles. The fourth-order valence-corrected chi connectivity index (χ4v) is 4.30. The minimum absolute atomic E-state index is 0.00597. The average Bonchev–Trinajstić information content (AvgIpc) is 3.30. The third-order valence-electron chi connectivity index (χ3n) is 6.15. The van der Waals surface area contributed by atoms with E-state index in [1.165, 1.54) is 0 Å². The molecule has 0 bridgehead atoms. The number of rotatable bonds is 6. The highest BCUT2D eigenvalue weighted by Gasteiger charge is 2.34. The Bertz CT molecular complexity index is 1100. The second-order valence-electron chi connectivity index (χ2n) is 9.12. The molecule has 10 nitrogen and oxygen atoms in total. The molecule has 0 atom stereocenters. The number of hydrogen-bond donors (Lipinski definition) is 2. The number of amides is 2. The van der Waals surface area contributed by atoms with Crippen molar-refractivity contribution in [2.75, 3.05) is 56.6 Å². The number of carbonyl (C=O) groups is 2. The number of anilines is 2. The van der Waals surface area contributed by atoms with Crippen molar-refractivity contribution >= 4 is 34.4 Å². The fourth-order valence-electron chi connectivity index (χ4n) is 4.30. The van der Waals surface area contributed by atoms with Crippen LogP contribution < -0.4 is 16.3 Å². The average molecular weight is 458 g/mol. The van der Waals surface area contributed by atoms with Crippen LogP contribution in [0.25, 0.3) is 10.9 Å². The van der Waals surface area contributed by atoms with Crippen LogP contribution in [0.5, 0.6) is 0 Å². The van der Waals surface area contributed by atoms with Crippen LogP contribution in [0.15, 0.2) is 21.3 Å². The first kappa shape index (κ1) is 23.2. The number of aromatic nitrogens is 1. The maximum atomic E-state index is 12.8. The highest BCUT2D eigenvalue weighted by atomic mass is 16.5. The molecule has 2 aliphatic heterocycles. The van der Waals surface area contributed by atoms with Gasteiger partial charge in [0.25, 0.3) is 6.01 Å². The SMILES string of the molecule is Cc1c(NC(=O)CN2CCOCC2)ccc2nc(NC(C)(C)C(=O)N3CCCC3)oc(=O)c12. The summed E-state index contributed by atoms with van der Waals surface area (Å²) in [7, 11) is 0. The molecule has 1 aromatic heterocycles. The molecule has 3 heterocycles. The molecule has 0 aliphatic carbocycles. The number of likely N-dealkylation sites (tertiary alicyclic amines) is 1. The molecule has 178 valence electrons. The molecule has 0 radical (unpaired) electrons. The van der Waals surface area contributed by atoms with E-state index in [4.69, 9.17) is 9.15 Å². The van der Waals surface area contributed by atoms with Crippen LogP contribution in [-0.2, 0) is 14.3 Å². The van der Waals surface area contributed by atoms with Gasteiger partial charge in [-0.25, -0.2) is 4.79 Å². The molecule has 0 unspecified atom stereocenters. The highest BCUT2D eigenvalue weighted by Crippen LogP contribution is 2.25. The largest absolute Gasteiger partial charge is 0.389 e. The number of morpholine rings is 1. The molecule has 1 aromatic carbocycles. The summed E-state index contributed by atoms with van der Waals surface area (Å²) >= 11 is 0. The topological polar surface area (TPSA) is 117 Å². The number of hydrogen-bond acceptors (Lipinski definition) is 8. The lowest BCUT2D eigenvalue weighted by Crippen LogP contribution is -2.49. The van der Waals surface area contributed by atoms with Gasteiger partial charge in [-0.15, -0.1) is 0 Å². The molecular formula is C23H31N5O5. The van der Waals surface area contributed by atoms with Crippen LogP contribution in [0.1, 0.15) is 32.3 Å². The van der Waals surface area contributed by atoms with Gasteiger partial charge in [-0.2, -0.15) is 4.98 Å². The summed E-state index contributed by atoms with van der Waals surface area (Å²) in [6.45, 7) is 9.63. The smallest absolute Gasteiger partial charge is 0.348 e. The number of fused-ring (bicyclic) bond motifs is 1. The number of carbonyl (C=O) groups excluding carboxylic acids is 2. The molecule has 4 rings (SSSR count). The van der Waals surface area contributed by atoms with E-state index in [9.17, 15) is 14.4 Å². The number of aryl methyl sites for hydroxylation is 1. The second kappa shape index (κ2) is 9.48. The summed E-state index contributed by atoms with van der Waals surface area (Å²) in [5.74, 6) is -0.212. The van der Waals surface area contributed by atoms with Gasteiger partial charge in [-0.05, 0) is 51.3 Å². The zero-order valence-corrected chi connectivity index (χ0v) is 19.4. The summed E-state index contributed by atoms with van der Waals surface area (Å²) in [6, 6.07) is 3.39. The number of ether oxygens (including phenoxy) is 1. The summed E-state index contributed by atoms with van der Waals surface area (Å²) in [5, 5.41) is 6.17. The van der Waals surface area contributed by atoms with Crippen LogP contribution in [0.4, 0.5) is 11.7 Å². The summed E-state index contributed by atoms with van der Waals surface area (Å²) in [5.41, 5.74) is 0.0161. The van der Waals surface area contributed by atoms with Crippen molar-refractivity contribution in [1.29, 1.82) is 0 Å². The summed E-state index contributed by atoms with van der Waals surface area (Å²) in [4.78, 5) is 46.4. The Labute approximate surface area is 192 Å². The van der Waals surface area contributed by atoms with Gasteiger partial charge in [-0.3, -0.25) is 14.5 Å². The van der Waals surface area contributed by atoms with Crippen molar-refractivity contribution in [3.8, 4) is 0 Å². The molecule has 10 heteroatoms. The Morgan fingerprint density at radius 3 is 2.52 bits per heavy atom. The normalized spacial score (nSPS) is 17.4. The minimum Gasteiger partial charge on any atom is -0.389 e. The zero-order chi connectivity index (χ0) is 23.6. The van der Waals surface area contributed by atoms with Gasteiger partial charge >= 0.3 is 5.63 Å². The maximum Gasteiger partial charge on any atom is 0.348 e. The highest BCUT2D eigenvalue weighted by molar-refractivity contribution is 5.97. The molecule has 2 aliphatic rings. The van der Waals surface area contributed by atoms with Crippen LogP contribution in [0.2, 0.25) is 0 Å². The summed E-state index contributed by atoms with van der Waals surface area (Å²) in [6.07, 6.45) is 1.99. The molecule has 2 aromatic rings. The van der Waals surface area contributed by atoms with Gasteiger partial charge in [0.2, 0.25) is 11.8 Å².